The molecule has 0 radical (unpaired) electrons. The fourth-order valence-electron chi connectivity index (χ4n) is 3.00. The van der Waals surface area contributed by atoms with Crippen molar-refractivity contribution in [2.75, 3.05) is 0 Å². The summed E-state index contributed by atoms with van der Waals surface area (Å²) in [6.07, 6.45) is -1.58. The van der Waals surface area contributed by atoms with Crippen LogP contribution in [0.1, 0.15) is 32.8 Å². The number of ether oxygens (including phenoxy) is 4. The minimum absolute atomic E-state index is 0.315. The van der Waals surface area contributed by atoms with E-state index in [4.69, 9.17) is 18.9 Å². The maximum absolute atomic E-state index is 10.2. The Morgan fingerprint density at radius 2 is 1.95 bits per heavy atom. The van der Waals surface area contributed by atoms with Crippen LogP contribution in [0.4, 0.5) is 0 Å². The molecule has 0 aliphatic carbocycles. The molecule has 0 aromatic heterocycles. The van der Waals surface area contributed by atoms with Crippen molar-refractivity contribution >= 4 is 0 Å². The van der Waals surface area contributed by atoms with E-state index in [1.54, 1.807) is 0 Å². The molecule has 0 amide bonds. The molecule has 2 aliphatic heterocycles. The van der Waals surface area contributed by atoms with Crippen LogP contribution in [-0.4, -0.2) is 41.6 Å². The second-order valence-electron chi connectivity index (χ2n) is 6.31. The van der Waals surface area contributed by atoms with Gasteiger partial charge in [-0.3, -0.25) is 0 Å². The van der Waals surface area contributed by atoms with Gasteiger partial charge in [-0.1, -0.05) is 37.3 Å². The zero-order valence-electron chi connectivity index (χ0n) is 13.3. The van der Waals surface area contributed by atoms with E-state index in [2.05, 4.69) is 0 Å². The van der Waals surface area contributed by atoms with Crippen LogP contribution in [0.5, 0.6) is 0 Å². The van der Waals surface area contributed by atoms with Crippen LogP contribution in [0.15, 0.2) is 30.3 Å². The van der Waals surface area contributed by atoms with Gasteiger partial charge in [0, 0.05) is 0 Å². The van der Waals surface area contributed by atoms with Crippen molar-refractivity contribution in [3.8, 4) is 0 Å². The quantitative estimate of drug-likeness (QED) is 0.904. The highest BCUT2D eigenvalue weighted by molar-refractivity contribution is 5.13. The van der Waals surface area contributed by atoms with Crippen molar-refractivity contribution in [1.29, 1.82) is 0 Å². The van der Waals surface area contributed by atoms with E-state index in [0.717, 1.165) is 5.56 Å². The smallest absolute Gasteiger partial charge is 0.190 e. The summed E-state index contributed by atoms with van der Waals surface area (Å²) >= 11 is 0. The van der Waals surface area contributed by atoms with Crippen LogP contribution < -0.4 is 0 Å². The summed E-state index contributed by atoms with van der Waals surface area (Å²) in [5.41, 5.74) is 1.08. The van der Waals surface area contributed by atoms with E-state index >= 15 is 0 Å². The predicted octanol–water partition coefficient (Wildman–Crippen LogP) is 2.22. The van der Waals surface area contributed by atoms with Crippen LogP contribution in [0, 0.1) is 0 Å². The van der Waals surface area contributed by atoms with Gasteiger partial charge < -0.3 is 24.1 Å². The van der Waals surface area contributed by atoms with Crippen molar-refractivity contribution in [3.05, 3.63) is 35.9 Å². The third-order valence-corrected chi connectivity index (χ3v) is 4.11. The summed E-state index contributed by atoms with van der Waals surface area (Å²) < 4.78 is 23.6. The first kappa shape index (κ1) is 15.9. The fraction of sp³-hybridized carbons (Fsp3) is 0.647. The van der Waals surface area contributed by atoms with Crippen LogP contribution in [0.25, 0.3) is 0 Å². The maximum Gasteiger partial charge on any atom is 0.190 e. The summed E-state index contributed by atoms with van der Waals surface area (Å²) in [5, 5.41) is 10.2. The lowest BCUT2D eigenvalue weighted by Gasteiger charge is -2.28. The fourth-order valence-corrected chi connectivity index (χ4v) is 3.00. The van der Waals surface area contributed by atoms with Gasteiger partial charge in [0.15, 0.2) is 12.1 Å². The topological polar surface area (TPSA) is 57.2 Å². The lowest BCUT2D eigenvalue weighted by Crippen LogP contribution is -2.42. The predicted molar refractivity (Wildman–Crippen MR) is 80.0 cm³/mol. The molecule has 5 nitrogen and oxygen atoms in total. The number of benzene rings is 1. The SMILES string of the molecule is CCC(O)[C@H]1O[C@H]2OC(C)(C)OC2[C@H]1OCc1ccccc1. The second kappa shape index (κ2) is 6.26. The molecule has 1 N–H and O–H groups in total. The zero-order chi connectivity index (χ0) is 15.7. The van der Waals surface area contributed by atoms with Crippen LogP contribution in [0.2, 0.25) is 0 Å². The highest BCUT2D eigenvalue weighted by atomic mass is 16.8. The van der Waals surface area contributed by atoms with Gasteiger partial charge in [0.05, 0.1) is 12.7 Å². The number of hydrogen-bond acceptors (Lipinski definition) is 5. The van der Waals surface area contributed by atoms with Gasteiger partial charge in [0.1, 0.15) is 18.3 Å². The first-order chi connectivity index (χ1) is 10.5. The first-order valence-corrected chi connectivity index (χ1v) is 7.85. The van der Waals surface area contributed by atoms with Crippen molar-refractivity contribution in [2.24, 2.45) is 0 Å². The van der Waals surface area contributed by atoms with Crippen LogP contribution in [0.3, 0.4) is 0 Å². The van der Waals surface area contributed by atoms with E-state index in [1.807, 2.05) is 51.1 Å². The Bertz CT molecular complexity index is 489. The summed E-state index contributed by atoms with van der Waals surface area (Å²) in [4.78, 5) is 0. The molecular weight excluding hydrogens is 284 g/mol. The third-order valence-electron chi connectivity index (χ3n) is 4.11. The molecule has 1 aromatic carbocycles. The Morgan fingerprint density at radius 1 is 1.23 bits per heavy atom. The molecule has 3 rings (SSSR count). The zero-order valence-corrected chi connectivity index (χ0v) is 13.3. The molecule has 0 bridgehead atoms. The van der Waals surface area contributed by atoms with Gasteiger partial charge in [-0.25, -0.2) is 0 Å². The van der Waals surface area contributed by atoms with Gasteiger partial charge >= 0.3 is 0 Å². The van der Waals surface area contributed by atoms with Gasteiger partial charge in [-0.15, -0.1) is 0 Å². The molecular formula is C17H24O5. The Morgan fingerprint density at radius 3 is 2.64 bits per heavy atom. The molecule has 5 atom stereocenters. The highest BCUT2D eigenvalue weighted by Crippen LogP contribution is 2.40. The molecule has 1 aromatic rings. The molecule has 2 fully saturated rings. The normalized spacial score (nSPS) is 34.5. The molecule has 2 aliphatic rings. The average Bonchev–Trinajstić information content (AvgIpc) is 2.97. The number of hydrogen-bond donors (Lipinski definition) is 1. The number of rotatable bonds is 5. The lowest BCUT2D eigenvalue weighted by molar-refractivity contribution is -0.230. The molecule has 0 spiro atoms. The maximum atomic E-state index is 10.2. The third kappa shape index (κ3) is 3.19. The summed E-state index contributed by atoms with van der Waals surface area (Å²) in [6.45, 7) is 6.08. The van der Waals surface area contributed by atoms with Gasteiger partial charge in [0.25, 0.3) is 0 Å². The number of aliphatic hydroxyl groups excluding tert-OH is 1. The number of fused-ring (bicyclic) bond motifs is 1. The largest absolute Gasteiger partial charge is 0.390 e. The molecule has 5 heteroatoms. The Hall–Kier alpha value is -0.980. The highest BCUT2D eigenvalue weighted by Gasteiger charge is 2.56. The molecule has 0 saturated carbocycles. The molecule has 122 valence electrons. The minimum atomic E-state index is -0.689. The van der Waals surface area contributed by atoms with Crippen molar-refractivity contribution in [2.45, 2.75) is 70.3 Å². The van der Waals surface area contributed by atoms with Crippen molar-refractivity contribution < 1.29 is 24.1 Å². The summed E-state index contributed by atoms with van der Waals surface area (Å²) in [5.74, 6) is -0.689. The van der Waals surface area contributed by atoms with E-state index in [0.29, 0.717) is 13.0 Å². The van der Waals surface area contributed by atoms with Gasteiger partial charge in [0.2, 0.25) is 0 Å². The average molecular weight is 308 g/mol. The second-order valence-corrected chi connectivity index (χ2v) is 6.31. The van der Waals surface area contributed by atoms with Gasteiger partial charge in [-0.05, 0) is 25.8 Å². The van der Waals surface area contributed by atoms with Crippen molar-refractivity contribution in [3.63, 3.8) is 0 Å². The van der Waals surface area contributed by atoms with E-state index in [9.17, 15) is 5.11 Å². The Balaban J connectivity index is 1.71. The Labute approximate surface area is 131 Å². The minimum Gasteiger partial charge on any atom is -0.390 e. The number of aliphatic hydroxyl groups is 1. The van der Waals surface area contributed by atoms with Crippen molar-refractivity contribution in [1.82, 2.24) is 0 Å². The first-order valence-electron chi connectivity index (χ1n) is 7.85. The van der Waals surface area contributed by atoms with E-state index < -0.39 is 24.3 Å². The lowest BCUT2D eigenvalue weighted by atomic mass is 10.0. The van der Waals surface area contributed by atoms with E-state index in [1.165, 1.54) is 0 Å². The standard InChI is InChI=1S/C17H24O5/c1-4-12(18)13-14(19-10-11-8-6-5-7-9-11)15-16(20-13)22-17(2,3)21-15/h5-9,12-16,18H,4,10H2,1-3H3/t12?,13-,14+,15?,16+/m1/s1. The summed E-state index contributed by atoms with van der Waals surface area (Å²) in [7, 11) is 0. The van der Waals surface area contributed by atoms with Gasteiger partial charge in [-0.2, -0.15) is 0 Å². The summed E-state index contributed by atoms with van der Waals surface area (Å²) in [6, 6.07) is 9.94. The van der Waals surface area contributed by atoms with Crippen LogP contribution in [-0.2, 0) is 25.6 Å². The monoisotopic (exact) mass is 308 g/mol. The van der Waals surface area contributed by atoms with Crippen LogP contribution >= 0.6 is 0 Å². The molecule has 2 heterocycles. The van der Waals surface area contributed by atoms with E-state index in [-0.39, 0.29) is 12.2 Å². The molecule has 2 unspecified atom stereocenters. The molecule has 2 saturated heterocycles. The molecule has 22 heavy (non-hydrogen) atoms. The Kier molecular flexibility index (Phi) is 4.52.